The highest BCUT2D eigenvalue weighted by Gasteiger charge is 2.82. The monoisotopic (exact) mass is 504 g/mol. The fourth-order valence-electron chi connectivity index (χ4n) is 5.23. The van der Waals surface area contributed by atoms with Gasteiger partial charge >= 0.3 is 11.9 Å². The molecule has 0 saturated carbocycles. The Kier molecular flexibility index (Phi) is 7.18. The SMILES string of the molecule is CC(O)C(=O)OC(C)C(=O)OCCOC1(C)[C@](C)(C2COC(C)(C)O2)O[C@]2(C)OC(C)(C)O[C@]12C. The van der Waals surface area contributed by atoms with E-state index in [-0.39, 0.29) is 19.8 Å². The standard InChI is InChI=1S/C24H40O11/c1-14(25)17(26)31-15(2)18(27)28-11-12-29-22(8)21(7,16-13-30-19(3,4)32-16)35-24(10)23(22,9)33-20(5,6)34-24/h14-16,25H,11-13H2,1-10H3/t14?,15?,16?,21-,22?,23+,24-/m0/s1. The molecule has 11 nitrogen and oxygen atoms in total. The van der Waals surface area contributed by atoms with E-state index in [1.807, 2.05) is 41.5 Å². The number of rotatable bonds is 8. The van der Waals surface area contributed by atoms with Crippen molar-refractivity contribution in [3.63, 3.8) is 0 Å². The molecule has 0 aromatic rings. The first kappa shape index (κ1) is 28.2. The normalized spacial score (nSPS) is 41.3. The Morgan fingerprint density at radius 2 is 1.54 bits per heavy atom. The van der Waals surface area contributed by atoms with Gasteiger partial charge in [-0.15, -0.1) is 0 Å². The molecule has 0 radical (unpaired) electrons. The Morgan fingerprint density at radius 1 is 0.914 bits per heavy atom. The Balaban J connectivity index is 1.76. The number of carbonyl (C=O) groups is 2. The minimum absolute atomic E-state index is 0.00924. The Bertz CT molecular complexity index is 841. The Labute approximate surface area is 206 Å². The molecule has 0 bridgehead atoms. The van der Waals surface area contributed by atoms with Gasteiger partial charge in [0.1, 0.15) is 30.0 Å². The van der Waals surface area contributed by atoms with Crippen molar-refractivity contribution in [1.82, 2.24) is 0 Å². The summed E-state index contributed by atoms with van der Waals surface area (Å²) in [6.07, 6.45) is -3.01. The van der Waals surface area contributed by atoms with Gasteiger partial charge in [-0.05, 0) is 69.2 Å². The summed E-state index contributed by atoms with van der Waals surface area (Å²) in [6.45, 7) is 17.5. The van der Waals surface area contributed by atoms with Gasteiger partial charge in [-0.3, -0.25) is 0 Å². The van der Waals surface area contributed by atoms with E-state index in [0.29, 0.717) is 0 Å². The van der Waals surface area contributed by atoms with Crippen LogP contribution in [-0.2, 0) is 47.5 Å². The molecule has 3 heterocycles. The van der Waals surface area contributed by atoms with E-state index in [9.17, 15) is 14.7 Å². The van der Waals surface area contributed by atoms with Gasteiger partial charge in [0, 0.05) is 0 Å². The average molecular weight is 505 g/mol. The molecule has 4 unspecified atom stereocenters. The maximum absolute atomic E-state index is 12.2. The molecule has 35 heavy (non-hydrogen) atoms. The van der Waals surface area contributed by atoms with Crippen molar-refractivity contribution >= 4 is 11.9 Å². The van der Waals surface area contributed by atoms with Crippen molar-refractivity contribution in [1.29, 1.82) is 0 Å². The first-order valence-electron chi connectivity index (χ1n) is 11.9. The predicted molar refractivity (Wildman–Crippen MR) is 120 cm³/mol. The Morgan fingerprint density at radius 3 is 2.09 bits per heavy atom. The minimum Gasteiger partial charge on any atom is -0.461 e. The van der Waals surface area contributed by atoms with Crippen LogP contribution in [0.1, 0.15) is 69.2 Å². The molecule has 1 N–H and O–H groups in total. The first-order valence-corrected chi connectivity index (χ1v) is 11.9. The van der Waals surface area contributed by atoms with Crippen LogP contribution in [0.4, 0.5) is 0 Å². The molecular formula is C24H40O11. The second-order valence-corrected chi connectivity index (χ2v) is 10.9. The number of carbonyl (C=O) groups excluding carboxylic acids is 2. The molecule has 3 aliphatic heterocycles. The molecule has 3 saturated heterocycles. The molecule has 0 amide bonds. The van der Waals surface area contributed by atoms with E-state index in [1.165, 1.54) is 13.8 Å². The molecule has 11 heteroatoms. The number of aliphatic hydroxyl groups excluding tert-OH is 1. The summed E-state index contributed by atoms with van der Waals surface area (Å²) in [5.74, 6) is -4.57. The second-order valence-electron chi connectivity index (χ2n) is 10.9. The van der Waals surface area contributed by atoms with Crippen LogP contribution in [0.3, 0.4) is 0 Å². The summed E-state index contributed by atoms with van der Waals surface area (Å²) in [6, 6.07) is 0. The number of aliphatic hydroxyl groups is 1. The van der Waals surface area contributed by atoms with Gasteiger partial charge in [0.2, 0.25) is 5.79 Å². The van der Waals surface area contributed by atoms with Crippen LogP contribution in [0.15, 0.2) is 0 Å². The molecule has 7 atom stereocenters. The highest BCUT2D eigenvalue weighted by atomic mass is 16.9. The van der Waals surface area contributed by atoms with Gasteiger partial charge in [-0.1, -0.05) is 0 Å². The molecule has 3 fully saturated rings. The van der Waals surface area contributed by atoms with E-state index >= 15 is 0 Å². The lowest BCUT2D eigenvalue weighted by atomic mass is 9.71. The predicted octanol–water partition coefficient (Wildman–Crippen LogP) is 1.82. The largest absolute Gasteiger partial charge is 0.461 e. The summed E-state index contributed by atoms with van der Waals surface area (Å²) in [5.41, 5.74) is -3.27. The quantitative estimate of drug-likeness (QED) is 0.384. The van der Waals surface area contributed by atoms with Gasteiger partial charge in [-0.25, -0.2) is 9.59 Å². The number of ether oxygens (including phenoxy) is 8. The third-order valence-corrected chi connectivity index (χ3v) is 7.33. The summed E-state index contributed by atoms with van der Waals surface area (Å²) in [5, 5.41) is 9.24. The summed E-state index contributed by atoms with van der Waals surface area (Å²) in [7, 11) is 0. The molecule has 0 aromatic heterocycles. The van der Waals surface area contributed by atoms with Crippen molar-refractivity contribution in [2.24, 2.45) is 0 Å². The molecule has 202 valence electrons. The maximum atomic E-state index is 12.2. The van der Waals surface area contributed by atoms with Crippen molar-refractivity contribution in [3.05, 3.63) is 0 Å². The fourth-order valence-corrected chi connectivity index (χ4v) is 5.23. The minimum atomic E-state index is -1.34. The molecule has 0 spiro atoms. The lowest BCUT2D eigenvalue weighted by Crippen LogP contribution is -2.66. The van der Waals surface area contributed by atoms with Crippen molar-refractivity contribution in [2.75, 3.05) is 19.8 Å². The summed E-state index contributed by atoms with van der Waals surface area (Å²) >= 11 is 0. The van der Waals surface area contributed by atoms with Gasteiger partial charge in [-0.2, -0.15) is 0 Å². The second kappa shape index (κ2) is 8.90. The van der Waals surface area contributed by atoms with E-state index in [2.05, 4.69) is 0 Å². The summed E-state index contributed by atoms with van der Waals surface area (Å²) in [4.78, 5) is 23.7. The van der Waals surface area contributed by atoms with Gasteiger partial charge in [0.25, 0.3) is 0 Å². The molecular weight excluding hydrogens is 464 g/mol. The van der Waals surface area contributed by atoms with Crippen LogP contribution in [0.2, 0.25) is 0 Å². The zero-order valence-electron chi connectivity index (χ0n) is 22.4. The van der Waals surface area contributed by atoms with Crippen molar-refractivity contribution < 1.29 is 52.6 Å². The number of fused-ring (bicyclic) bond motifs is 1. The number of esters is 2. The number of hydrogen-bond donors (Lipinski definition) is 1. The zero-order chi connectivity index (χ0) is 26.7. The molecule has 0 aliphatic carbocycles. The van der Waals surface area contributed by atoms with Crippen LogP contribution in [0.5, 0.6) is 0 Å². The smallest absolute Gasteiger partial charge is 0.347 e. The van der Waals surface area contributed by atoms with Crippen LogP contribution in [0.25, 0.3) is 0 Å². The highest BCUT2D eigenvalue weighted by molar-refractivity contribution is 5.80. The van der Waals surface area contributed by atoms with E-state index in [1.54, 1.807) is 13.8 Å². The topological polar surface area (TPSA) is 128 Å². The third-order valence-electron chi connectivity index (χ3n) is 7.33. The molecule has 3 aliphatic rings. The van der Waals surface area contributed by atoms with E-state index in [4.69, 9.17) is 37.9 Å². The zero-order valence-corrected chi connectivity index (χ0v) is 22.4. The van der Waals surface area contributed by atoms with Crippen LogP contribution >= 0.6 is 0 Å². The van der Waals surface area contributed by atoms with Gasteiger partial charge in [0.15, 0.2) is 23.3 Å². The van der Waals surface area contributed by atoms with Crippen LogP contribution in [-0.4, -0.2) is 89.3 Å². The maximum Gasteiger partial charge on any atom is 0.347 e. The summed E-state index contributed by atoms with van der Waals surface area (Å²) < 4.78 is 47.8. The van der Waals surface area contributed by atoms with Crippen molar-refractivity contribution in [2.45, 2.75) is 122 Å². The fraction of sp³-hybridized carbons (Fsp3) is 0.917. The van der Waals surface area contributed by atoms with Crippen molar-refractivity contribution in [3.8, 4) is 0 Å². The lowest BCUT2D eigenvalue weighted by Gasteiger charge is -2.48. The average Bonchev–Trinajstić information content (AvgIpc) is 3.21. The van der Waals surface area contributed by atoms with Gasteiger partial charge in [0.05, 0.1) is 13.2 Å². The molecule has 3 rings (SSSR count). The lowest BCUT2D eigenvalue weighted by molar-refractivity contribution is -0.311. The first-order chi connectivity index (χ1) is 15.8. The highest BCUT2D eigenvalue weighted by Crippen LogP contribution is 2.63. The third kappa shape index (κ3) is 4.72. The van der Waals surface area contributed by atoms with E-state index in [0.717, 1.165) is 0 Å². The number of hydrogen-bond acceptors (Lipinski definition) is 11. The van der Waals surface area contributed by atoms with E-state index < -0.39 is 64.4 Å². The Hall–Kier alpha value is -1.34. The van der Waals surface area contributed by atoms with Crippen LogP contribution < -0.4 is 0 Å². The van der Waals surface area contributed by atoms with Gasteiger partial charge < -0.3 is 43.0 Å². The molecule has 0 aromatic carbocycles. The van der Waals surface area contributed by atoms with Crippen LogP contribution in [0, 0.1) is 0 Å².